The molecular weight excluding hydrogens is 386 g/mol. The minimum absolute atomic E-state index is 0.00505. The smallest absolute Gasteiger partial charge is 0.253 e. The molecule has 1 saturated heterocycles. The van der Waals surface area contributed by atoms with Crippen LogP contribution in [0.3, 0.4) is 0 Å². The van der Waals surface area contributed by atoms with Gasteiger partial charge in [-0.15, -0.1) is 0 Å². The van der Waals surface area contributed by atoms with Crippen molar-refractivity contribution in [1.29, 1.82) is 0 Å². The van der Waals surface area contributed by atoms with Gasteiger partial charge in [0.1, 0.15) is 17.3 Å². The lowest BCUT2D eigenvalue weighted by molar-refractivity contribution is 0.0434. The van der Waals surface area contributed by atoms with Gasteiger partial charge in [-0.05, 0) is 30.1 Å². The summed E-state index contributed by atoms with van der Waals surface area (Å²) in [5.41, 5.74) is -4.31. The van der Waals surface area contributed by atoms with Gasteiger partial charge < -0.3 is 10.2 Å². The molecule has 5 nitrogen and oxygen atoms in total. The van der Waals surface area contributed by atoms with Gasteiger partial charge in [0.2, 0.25) is 0 Å². The summed E-state index contributed by atoms with van der Waals surface area (Å²) in [7, 11) is 0. The zero-order chi connectivity index (χ0) is 29.1. The Bertz CT molecular complexity index is 1200. The van der Waals surface area contributed by atoms with Crippen molar-refractivity contribution in [3.8, 4) is 0 Å². The van der Waals surface area contributed by atoms with E-state index < -0.39 is 66.6 Å². The minimum atomic E-state index is -3.88. The van der Waals surface area contributed by atoms with Gasteiger partial charge in [0.15, 0.2) is 0 Å². The molecular formula is C20H23ClF2N4O. The molecule has 150 valence electrons. The van der Waals surface area contributed by atoms with Crippen LogP contribution in [0.4, 0.5) is 8.78 Å². The molecule has 8 heteroatoms. The average Bonchev–Trinajstić information content (AvgIpc) is 2.79. The summed E-state index contributed by atoms with van der Waals surface area (Å²) < 4.78 is 111. The number of aryl methyl sites for hydroxylation is 1. The van der Waals surface area contributed by atoms with Crippen molar-refractivity contribution < 1.29 is 27.3 Å². The lowest BCUT2D eigenvalue weighted by Crippen LogP contribution is -2.48. The number of carbonyl (C=O) groups is 1. The molecule has 0 saturated carbocycles. The van der Waals surface area contributed by atoms with Crippen LogP contribution >= 0.6 is 11.6 Å². The van der Waals surface area contributed by atoms with Crippen LogP contribution in [-0.2, 0) is 12.9 Å². The Morgan fingerprint density at radius 3 is 2.68 bits per heavy atom. The zero-order valence-corrected chi connectivity index (χ0v) is 15.4. The molecule has 3 rings (SSSR count). The molecule has 1 N–H and O–H groups in total. The molecule has 1 amide bonds. The van der Waals surface area contributed by atoms with Crippen LogP contribution in [0.25, 0.3) is 0 Å². The van der Waals surface area contributed by atoms with Crippen molar-refractivity contribution >= 4 is 17.5 Å². The number of benzene rings is 1. The number of alkyl halides is 1. The summed E-state index contributed by atoms with van der Waals surface area (Å²) in [6.07, 6.45) is -7.04. The molecule has 28 heavy (non-hydrogen) atoms. The third-order valence-corrected chi connectivity index (χ3v) is 4.04. The Labute approximate surface area is 182 Å². The van der Waals surface area contributed by atoms with E-state index in [2.05, 4.69) is 15.3 Å². The molecule has 2 heterocycles. The van der Waals surface area contributed by atoms with E-state index in [1.54, 1.807) is 0 Å². The molecule has 2 aromatic rings. The number of likely N-dealkylation sites (tertiary alicyclic amines) is 1. The van der Waals surface area contributed by atoms with Gasteiger partial charge in [0.05, 0.1) is 11.6 Å². The molecule has 1 aromatic carbocycles. The number of hydrogen-bond acceptors (Lipinski definition) is 4. The van der Waals surface area contributed by atoms with E-state index in [-0.39, 0.29) is 22.8 Å². The largest absolute Gasteiger partial charge is 0.338 e. The van der Waals surface area contributed by atoms with E-state index in [4.69, 9.17) is 25.3 Å². The summed E-state index contributed by atoms with van der Waals surface area (Å²) in [4.78, 5) is 20.6. The van der Waals surface area contributed by atoms with Crippen LogP contribution in [0.5, 0.6) is 0 Å². The molecule has 1 aliphatic heterocycles. The number of halogens is 3. The highest BCUT2D eigenvalue weighted by molar-refractivity contribution is 6.31. The van der Waals surface area contributed by atoms with Crippen molar-refractivity contribution in [3.63, 3.8) is 0 Å². The van der Waals surface area contributed by atoms with Crippen LogP contribution in [-0.4, -0.2) is 46.0 Å². The van der Waals surface area contributed by atoms with Crippen molar-refractivity contribution in [2.75, 3.05) is 19.5 Å². The fourth-order valence-electron chi connectivity index (χ4n) is 2.22. The number of amides is 1. The number of carbonyl (C=O) groups excluding carboxylic acids is 1. The normalized spacial score (nSPS) is 29.2. The summed E-state index contributed by atoms with van der Waals surface area (Å²) in [5, 5.41) is 1.80. The number of nitrogens with zero attached hydrogens (tertiary/aromatic N) is 3. The number of aromatic nitrogens is 2. The third kappa shape index (κ3) is 5.02. The predicted octanol–water partition coefficient (Wildman–Crippen LogP) is 3.57. The summed E-state index contributed by atoms with van der Waals surface area (Å²) in [5.74, 6) is -2.53. The Kier molecular flexibility index (Phi) is 3.56. The molecule has 0 aliphatic carbocycles. The van der Waals surface area contributed by atoms with E-state index in [1.165, 1.54) is 19.3 Å². The van der Waals surface area contributed by atoms with Crippen LogP contribution in [0.1, 0.15) is 55.1 Å². The van der Waals surface area contributed by atoms with Crippen molar-refractivity contribution in [2.24, 2.45) is 0 Å². The van der Waals surface area contributed by atoms with E-state index >= 15 is 4.39 Å². The molecule has 1 aromatic heterocycles. The first kappa shape index (κ1) is 11.2. The molecule has 0 unspecified atom stereocenters. The van der Waals surface area contributed by atoms with E-state index in [1.807, 2.05) is 0 Å². The van der Waals surface area contributed by atoms with E-state index in [9.17, 15) is 9.18 Å². The second-order valence-corrected chi connectivity index (χ2v) is 6.19. The maximum atomic E-state index is 16.4. The van der Waals surface area contributed by atoms with Gasteiger partial charge in [0, 0.05) is 63.9 Å². The monoisotopic (exact) mass is 418 g/mol. The fraction of sp³-hybridized carbons (Fsp3) is 0.450. The molecule has 1 fully saturated rings. The predicted molar refractivity (Wildman–Crippen MR) is 104 cm³/mol. The molecule has 0 spiro atoms. The lowest BCUT2D eigenvalue weighted by atomic mass is 9.92. The average molecular weight is 419 g/mol. The van der Waals surface area contributed by atoms with Crippen molar-refractivity contribution in [3.05, 3.63) is 58.4 Å². The SMILES string of the molecule is [2H]C([2H])(C)c1cnc(CNCC2(F)C([2H])([2H])C([2H])([2H])N(C(=O)c3ccc(F)c(Cl)c3)C([2H])([2H])C2([2H])[2H])nc1. The Morgan fingerprint density at radius 1 is 1.39 bits per heavy atom. The number of piperidine rings is 1. The maximum Gasteiger partial charge on any atom is 0.253 e. The summed E-state index contributed by atoms with van der Waals surface area (Å²) in [6, 6.07) is 2.31. The van der Waals surface area contributed by atoms with Gasteiger partial charge in [-0.25, -0.2) is 18.7 Å². The zero-order valence-electron chi connectivity index (χ0n) is 24.7. The first-order valence-corrected chi connectivity index (χ1v) is 8.51. The first-order valence-electron chi connectivity index (χ1n) is 13.1. The topological polar surface area (TPSA) is 58.1 Å². The van der Waals surface area contributed by atoms with Crippen molar-refractivity contribution in [2.45, 2.75) is 38.3 Å². The lowest BCUT2D eigenvalue weighted by Gasteiger charge is -2.36. The number of nitrogens with one attached hydrogen (secondary N) is 1. The highest BCUT2D eigenvalue weighted by Gasteiger charge is 2.36. The number of rotatable bonds is 6. The first-order chi connectivity index (χ1) is 17.1. The van der Waals surface area contributed by atoms with Gasteiger partial charge in [-0.3, -0.25) is 4.79 Å². The third-order valence-electron chi connectivity index (χ3n) is 3.75. The van der Waals surface area contributed by atoms with Gasteiger partial charge >= 0.3 is 0 Å². The van der Waals surface area contributed by atoms with Gasteiger partial charge in [-0.2, -0.15) is 0 Å². The molecule has 0 radical (unpaired) electrons. The minimum Gasteiger partial charge on any atom is -0.338 e. The summed E-state index contributed by atoms with van der Waals surface area (Å²) >= 11 is 5.66. The highest BCUT2D eigenvalue weighted by Crippen LogP contribution is 2.27. The van der Waals surface area contributed by atoms with Crippen LogP contribution in [0, 0.1) is 5.82 Å². The maximum absolute atomic E-state index is 16.4. The van der Waals surface area contributed by atoms with E-state index in [0.717, 1.165) is 18.2 Å². The quantitative estimate of drug-likeness (QED) is 0.779. The second-order valence-electron chi connectivity index (χ2n) is 5.79. The van der Waals surface area contributed by atoms with Gasteiger partial charge in [-0.1, -0.05) is 18.5 Å². The Morgan fingerprint density at radius 2 is 2.07 bits per heavy atom. The standard InChI is InChI=1S/C20H23ClF2N4O/c1-2-14-10-25-18(26-11-14)12-24-13-20(23)5-7-27(8-6-20)19(28)15-3-4-17(22)16(21)9-15/h3-4,9-11,24H,2,5-8,12-13H2,1H3/i2D2,5D2,6D2,7D2,8D2. The van der Waals surface area contributed by atoms with Crippen LogP contribution < -0.4 is 5.32 Å². The molecule has 0 bridgehead atoms. The Hall–Kier alpha value is -2.12. The summed E-state index contributed by atoms with van der Waals surface area (Å²) in [6.45, 7) is -7.85. The van der Waals surface area contributed by atoms with Gasteiger partial charge in [0.25, 0.3) is 5.91 Å². The van der Waals surface area contributed by atoms with Crippen LogP contribution in [0.15, 0.2) is 30.6 Å². The fourth-order valence-corrected chi connectivity index (χ4v) is 2.40. The Balaban J connectivity index is 1.96. The van der Waals surface area contributed by atoms with Crippen molar-refractivity contribution in [1.82, 2.24) is 20.2 Å². The van der Waals surface area contributed by atoms with Crippen LogP contribution in [0.2, 0.25) is 5.02 Å². The number of hydrogen-bond donors (Lipinski definition) is 1. The van der Waals surface area contributed by atoms with E-state index in [0.29, 0.717) is 0 Å². The molecule has 0 atom stereocenters. The highest BCUT2D eigenvalue weighted by atomic mass is 35.5. The second kappa shape index (κ2) is 8.92. The molecule has 1 aliphatic rings.